The highest BCUT2D eigenvalue weighted by molar-refractivity contribution is 6.16. The molecule has 1 atom stereocenters. The molecule has 8 heteroatoms. The number of fused-ring (bicyclic) bond motifs is 5. The summed E-state index contributed by atoms with van der Waals surface area (Å²) in [6.07, 6.45) is 5.23. The lowest BCUT2D eigenvalue weighted by atomic mass is 9.87. The molecule has 0 saturated heterocycles. The minimum atomic E-state index is -2.27. The number of allylic oxidation sites excluding steroid dienone is 3. The minimum absolute atomic E-state index is 0.00445. The van der Waals surface area contributed by atoms with E-state index in [2.05, 4.69) is 6.58 Å². The number of Topliss-reactive ketones (excluding diaryl/α,β-unsaturated/α-hetero) is 1. The lowest BCUT2D eigenvalue weighted by molar-refractivity contribution is -0.162. The molecule has 2 N–H and O–H groups in total. The Morgan fingerprint density at radius 3 is 2.51 bits per heavy atom. The third-order valence-corrected chi connectivity index (χ3v) is 7.29. The van der Waals surface area contributed by atoms with Crippen LogP contribution >= 0.6 is 0 Å². The summed E-state index contributed by atoms with van der Waals surface area (Å²) >= 11 is 0. The number of carbonyl (C=O) groups excluding carboxylic acids is 2. The number of ether oxygens (including phenoxy) is 2. The van der Waals surface area contributed by atoms with Crippen molar-refractivity contribution in [1.29, 1.82) is 0 Å². The number of phenols is 1. The van der Waals surface area contributed by atoms with E-state index in [1.54, 1.807) is 19.1 Å². The molecule has 202 valence electrons. The van der Waals surface area contributed by atoms with Gasteiger partial charge in [0.25, 0.3) is 0 Å². The van der Waals surface area contributed by atoms with E-state index in [0.29, 0.717) is 28.9 Å². The first-order valence-corrected chi connectivity index (χ1v) is 12.6. The Labute approximate surface area is 224 Å². The van der Waals surface area contributed by atoms with Crippen LogP contribution < -0.4 is 10.2 Å². The average Bonchev–Trinajstić information content (AvgIpc) is 3.13. The molecule has 2 aromatic carbocycles. The summed E-state index contributed by atoms with van der Waals surface area (Å²) < 4.78 is 17.4. The van der Waals surface area contributed by atoms with Crippen molar-refractivity contribution >= 4 is 45.3 Å². The van der Waals surface area contributed by atoms with Gasteiger partial charge in [-0.3, -0.25) is 9.59 Å². The molecular weight excluding hydrogens is 500 g/mol. The fourth-order valence-electron chi connectivity index (χ4n) is 5.39. The number of aliphatic hydroxyl groups is 1. The molecule has 0 amide bonds. The second-order valence-electron chi connectivity index (χ2n) is 11.0. The molecule has 39 heavy (non-hydrogen) atoms. The molecule has 8 nitrogen and oxygen atoms in total. The van der Waals surface area contributed by atoms with E-state index in [4.69, 9.17) is 13.9 Å². The second-order valence-corrected chi connectivity index (χ2v) is 11.0. The molecule has 0 bridgehead atoms. The normalized spacial score (nSPS) is 19.0. The molecule has 1 aromatic heterocycles. The first-order valence-electron chi connectivity index (χ1n) is 12.6. The number of methoxy groups -OCH3 is 1. The lowest BCUT2D eigenvalue weighted by Gasteiger charge is -2.30. The Kier molecular flexibility index (Phi) is 5.88. The van der Waals surface area contributed by atoms with E-state index in [1.165, 1.54) is 6.07 Å². The first-order chi connectivity index (χ1) is 18.2. The quantitative estimate of drug-likeness (QED) is 0.264. The molecule has 0 fully saturated rings. The number of carbonyl (C=O) groups is 2. The van der Waals surface area contributed by atoms with Crippen LogP contribution in [0.2, 0.25) is 0 Å². The SMILES string of the molecule is C=C(C)c1cc2c(=O)c3c(O)c4c(c(CC=C(C)C)c3oc2c2c1C(O)(C(=O)OC)CC2=O)OC(C)(C)C=C4. The standard InChI is InChI=1S/C31H30O8/c1-14(2)8-9-17-26-16(10-11-30(5,6)39-26)24(33)22-25(34)19-12-18(15(3)4)23-21(28(19)38-27(17)22)20(32)13-31(23,36)29(35)37-7/h8,10-12,33,36H,3,9,13H2,1-2,4-7H3. The largest absolute Gasteiger partial charge is 0.506 e. The Morgan fingerprint density at radius 1 is 1.21 bits per heavy atom. The van der Waals surface area contributed by atoms with Crippen molar-refractivity contribution in [2.75, 3.05) is 7.11 Å². The zero-order valence-corrected chi connectivity index (χ0v) is 22.8. The van der Waals surface area contributed by atoms with Crippen molar-refractivity contribution in [2.24, 2.45) is 0 Å². The predicted octanol–water partition coefficient (Wildman–Crippen LogP) is 5.32. The number of hydrogen-bond acceptors (Lipinski definition) is 8. The van der Waals surface area contributed by atoms with Gasteiger partial charge in [0.1, 0.15) is 33.7 Å². The monoisotopic (exact) mass is 530 g/mol. The topological polar surface area (TPSA) is 123 Å². The summed E-state index contributed by atoms with van der Waals surface area (Å²) in [5, 5.41) is 22.7. The maximum absolute atomic E-state index is 14.0. The number of esters is 1. The summed E-state index contributed by atoms with van der Waals surface area (Å²) in [4.78, 5) is 40.1. The Balaban J connectivity index is 2.01. The van der Waals surface area contributed by atoms with Crippen LogP contribution in [-0.4, -0.2) is 34.7 Å². The van der Waals surface area contributed by atoms with Crippen LogP contribution in [0.15, 0.2) is 39.6 Å². The zero-order chi connectivity index (χ0) is 28.6. The predicted molar refractivity (Wildman–Crippen MR) is 148 cm³/mol. The second kappa shape index (κ2) is 8.68. The Bertz CT molecular complexity index is 1760. The number of phenolic OH excluding ortho intramolecular Hbond substituents is 1. The number of hydrogen-bond donors (Lipinski definition) is 2. The molecule has 3 aromatic rings. The molecule has 1 aliphatic carbocycles. The molecule has 0 radical (unpaired) electrons. The smallest absolute Gasteiger partial charge is 0.343 e. The van der Waals surface area contributed by atoms with Gasteiger partial charge in [-0.05, 0) is 64.8 Å². The number of aromatic hydroxyl groups is 1. The van der Waals surface area contributed by atoms with E-state index >= 15 is 0 Å². The van der Waals surface area contributed by atoms with Crippen molar-refractivity contribution in [3.05, 3.63) is 68.4 Å². The molecule has 2 aliphatic rings. The van der Waals surface area contributed by atoms with Gasteiger partial charge in [-0.1, -0.05) is 23.8 Å². The highest BCUT2D eigenvalue weighted by Crippen LogP contribution is 2.48. The number of ketones is 1. The zero-order valence-electron chi connectivity index (χ0n) is 22.8. The van der Waals surface area contributed by atoms with Crippen LogP contribution in [0.3, 0.4) is 0 Å². The third kappa shape index (κ3) is 3.81. The minimum Gasteiger partial charge on any atom is -0.506 e. The van der Waals surface area contributed by atoms with Crippen molar-refractivity contribution in [3.8, 4) is 11.5 Å². The van der Waals surface area contributed by atoms with Gasteiger partial charge in [0.15, 0.2) is 11.4 Å². The summed E-state index contributed by atoms with van der Waals surface area (Å²) in [6.45, 7) is 13.2. The van der Waals surface area contributed by atoms with E-state index in [1.807, 2.05) is 33.8 Å². The van der Waals surface area contributed by atoms with Crippen LogP contribution in [0.5, 0.6) is 11.5 Å². The van der Waals surface area contributed by atoms with Crippen molar-refractivity contribution in [1.82, 2.24) is 0 Å². The van der Waals surface area contributed by atoms with Gasteiger partial charge >= 0.3 is 5.97 Å². The van der Waals surface area contributed by atoms with Crippen LogP contribution in [0.25, 0.3) is 33.6 Å². The third-order valence-electron chi connectivity index (χ3n) is 7.29. The van der Waals surface area contributed by atoms with Gasteiger partial charge in [-0.15, -0.1) is 0 Å². The van der Waals surface area contributed by atoms with E-state index in [0.717, 1.165) is 12.7 Å². The fraction of sp³-hybridized carbons (Fsp3) is 0.323. The van der Waals surface area contributed by atoms with Gasteiger partial charge in [0.05, 0.1) is 30.0 Å². The van der Waals surface area contributed by atoms with Gasteiger partial charge < -0.3 is 24.1 Å². The van der Waals surface area contributed by atoms with Gasteiger partial charge in [0.2, 0.25) is 5.43 Å². The van der Waals surface area contributed by atoms with E-state index < -0.39 is 34.8 Å². The molecule has 0 spiro atoms. The molecule has 1 aliphatic heterocycles. The van der Waals surface area contributed by atoms with Crippen LogP contribution in [0.4, 0.5) is 0 Å². The molecular formula is C31H30O8. The summed E-state index contributed by atoms with van der Waals surface area (Å²) in [5.74, 6) is -1.50. The van der Waals surface area contributed by atoms with Gasteiger partial charge in [0, 0.05) is 11.1 Å². The summed E-state index contributed by atoms with van der Waals surface area (Å²) in [6, 6.07) is 1.44. The van der Waals surface area contributed by atoms with Crippen LogP contribution in [0.1, 0.15) is 73.7 Å². The average molecular weight is 531 g/mol. The Morgan fingerprint density at radius 2 is 1.90 bits per heavy atom. The number of rotatable bonds is 4. The molecule has 5 rings (SSSR count). The lowest BCUT2D eigenvalue weighted by Crippen LogP contribution is -2.35. The van der Waals surface area contributed by atoms with Crippen molar-refractivity contribution < 1.29 is 33.7 Å². The highest BCUT2D eigenvalue weighted by Gasteiger charge is 2.52. The molecule has 2 heterocycles. The molecule has 0 saturated carbocycles. The van der Waals surface area contributed by atoms with Crippen LogP contribution in [0, 0.1) is 0 Å². The van der Waals surface area contributed by atoms with Crippen molar-refractivity contribution in [3.63, 3.8) is 0 Å². The van der Waals surface area contributed by atoms with E-state index in [9.17, 15) is 24.6 Å². The Hall–Kier alpha value is -4.17. The maximum atomic E-state index is 14.0. The molecule has 1 unspecified atom stereocenters. The fourth-order valence-corrected chi connectivity index (χ4v) is 5.39. The van der Waals surface area contributed by atoms with Crippen molar-refractivity contribution in [2.45, 2.75) is 58.7 Å². The summed E-state index contributed by atoms with van der Waals surface area (Å²) in [7, 11) is 1.12. The van der Waals surface area contributed by atoms with Gasteiger partial charge in [-0.2, -0.15) is 0 Å². The van der Waals surface area contributed by atoms with Gasteiger partial charge in [-0.25, -0.2) is 4.79 Å². The highest BCUT2D eigenvalue weighted by atomic mass is 16.5. The van der Waals surface area contributed by atoms with E-state index in [-0.39, 0.29) is 44.4 Å². The first kappa shape index (κ1) is 26.4. The maximum Gasteiger partial charge on any atom is 0.343 e. The van der Waals surface area contributed by atoms with Crippen LogP contribution in [-0.2, 0) is 21.6 Å². The number of benzene rings is 2. The summed E-state index contributed by atoms with van der Waals surface area (Å²) in [5.41, 5.74) is -1.02.